The molecule has 0 bridgehead atoms. The maximum absolute atomic E-state index is 12.0. The summed E-state index contributed by atoms with van der Waals surface area (Å²) >= 11 is 9.12. The van der Waals surface area contributed by atoms with Crippen LogP contribution in [0, 0.1) is 0 Å². The monoisotopic (exact) mass is 348 g/mol. The Hall–Kier alpha value is -1.27. The van der Waals surface area contributed by atoms with Gasteiger partial charge in [-0.2, -0.15) is 0 Å². The maximum atomic E-state index is 12.0. The van der Waals surface area contributed by atoms with Crippen LogP contribution in [0.15, 0.2) is 22.7 Å². The van der Waals surface area contributed by atoms with Gasteiger partial charge >= 0.3 is 12.0 Å². The fraction of sp³-hybridized carbons (Fsp3) is 0.333. The molecule has 0 aromatic heterocycles. The second kappa shape index (κ2) is 5.79. The molecule has 104 valence electrons. The van der Waals surface area contributed by atoms with Gasteiger partial charge in [0, 0.05) is 16.5 Å². The molecule has 0 aliphatic carbocycles. The number of likely N-dealkylation sites (N-methyl/N-ethyl adjacent to an activating group) is 1. The molecule has 5 nitrogen and oxygen atoms in total. The molecule has 1 aromatic carbocycles. The summed E-state index contributed by atoms with van der Waals surface area (Å²) in [6.07, 6.45) is 0. The fourth-order valence-electron chi connectivity index (χ4n) is 1.19. The van der Waals surface area contributed by atoms with Crippen LogP contribution in [0.4, 0.5) is 10.5 Å². The highest BCUT2D eigenvalue weighted by atomic mass is 79.9. The van der Waals surface area contributed by atoms with E-state index in [0.29, 0.717) is 15.2 Å². The second-order valence-electron chi connectivity index (χ2n) is 4.48. The van der Waals surface area contributed by atoms with Gasteiger partial charge in [-0.15, -0.1) is 0 Å². The first-order valence-corrected chi connectivity index (χ1v) is 6.56. The lowest BCUT2D eigenvalue weighted by Gasteiger charge is -2.31. The highest BCUT2D eigenvalue weighted by molar-refractivity contribution is 9.10. The number of carbonyl (C=O) groups is 2. The van der Waals surface area contributed by atoms with Crippen molar-refractivity contribution < 1.29 is 14.7 Å². The minimum Gasteiger partial charge on any atom is -0.480 e. The molecule has 0 heterocycles. The lowest BCUT2D eigenvalue weighted by molar-refractivity contribution is -0.146. The number of nitrogens with zero attached hydrogens (tertiary/aromatic N) is 1. The smallest absolute Gasteiger partial charge is 0.329 e. The lowest BCUT2D eigenvalue weighted by Crippen LogP contribution is -2.52. The predicted octanol–water partition coefficient (Wildman–Crippen LogP) is 3.43. The van der Waals surface area contributed by atoms with Crippen molar-refractivity contribution in [3.8, 4) is 0 Å². The minimum atomic E-state index is -1.31. The lowest BCUT2D eigenvalue weighted by atomic mass is 10.1. The molecule has 0 unspecified atom stereocenters. The van der Waals surface area contributed by atoms with Gasteiger partial charge < -0.3 is 15.3 Å². The van der Waals surface area contributed by atoms with Gasteiger partial charge in [0.05, 0.1) is 5.69 Å². The molecule has 1 rings (SSSR count). The molecule has 0 aliphatic rings. The molecule has 0 radical (unpaired) electrons. The van der Waals surface area contributed by atoms with E-state index in [9.17, 15) is 9.59 Å². The van der Waals surface area contributed by atoms with Gasteiger partial charge in [-0.3, -0.25) is 0 Å². The number of hydrogen-bond acceptors (Lipinski definition) is 2. The molecule has 0 atom stereocenters. The topological polar surface area (TPSA) is 69.6 Å². The zero-order valence-electron chi connectivity index (χ0n) is 10.7. The van der Waals surface area contributed by atoms with E-state index in [1.54, 1.807) is 18.2 Å². The number of carboxylic acids is 1. The number of rotatable bonds is 3. The van der Waals surface area contributed by atoms with E-state index in [1.165, 1.54) is 20.9 Å². The van der Waals surface area contributed by atoms with Crippen LogP contribution in [-0.4, -0.2) is 34.6 Å². The molecular weight excluding hydrogens is 336 g/mol. The summed E-state index contributed by atoms with van der Waals surface area (Å²) in [5.74, 6) is -1.09. The number of halogens is 2. The average molecular weight is 350 g/mol. The Morgan fingerprint density at radius 3 is 2.53 bits per heavy atom. The molecule has 0 spiro atoms. The van der Waals surface area contributed by atoms with Gasteiger partial charge in [-0.25, -0.2) is 9.59 Å². The Kier molecular flexibility index (Phi) is 4.81. The molecule has 7 heteroatoms. The largest absolute Gasteiger partial charge is 0.480 e. The molecule has 2 amide bonds. The van der Waals surface area contributed by atoms with Crippen LogP contribution in [-0.2, 0) is 4.79 Å². The zero-order chi connectivity index (χ0) is 14.8. The Bertz CT molecular complexity index is 520. The number of hydrogen-bond donors (Lipinski definition) is 2. The molecule has 19 heavy (non-hydrogen) atoms. The number of amides is 2. The Labute approximate surface area is 124 Å². The molecule has 2 N–H and O–H groups in total. The number of benzene rings is 1. The normalized spacial score (nSPS) is 11.0. The highest BCUT2D eigenvalue weighted by Gasteiger charge is 2.35. The number of urea groups is 1. The third kappa shape index (κ3) is 3.61. The van der Waals surface area contributed by atoms with Gasteiger partial charge in [0.25, 0.3) is 0 Å². The van der Waals surface area contributed by atoms with Crippen LogP contribution >= 0.6 is 27.5 Å². The number of anilines is 1. The molecule has 0 saturated carbocycles. The van der Waals surface area contributed by atoms with Gasteiger partial charge in [0.1, 0.15) is 5.54 Å². The summed E-state index contributed by atoms with van der Waals surface area (Å²) in [5.41, 5.74) is -0.833. The van der Waals surface area contributed by atoms with Crippen molar-refractivity contribution in [3.63, 3.8) is 0 Å². The summed E-state index contributed by atoms with van der Waals surface area (Å²) in [4.78, 5) is 24.2. The van der Waals surface area contributed by atoms with Gasteiger partial charge in [-0.1, -0.05) is 11.6 Å². The molecule has 0 fully saturated rings. The Balaban J connectivity index is 2.91. The number of aliphatic carboxylic acids is 1. The summed E-state index contributed by atoms with van der Waals surface area (Å²) in [6, 6.07) is 4.41. The van der Waals surface area contributed by atoms with E-state index >= 15 is 0 Å². The Morgan fingerprint density at radius 1 is 1.42 bits per heavy atom. The van der Waals surface area contributed by atoms with Gasteiger partial charge in [0.2, 0.25) is 0 Å². The van der Waals surface area contributed by atoms with Crippen LogP contribution in [0.3, 0.4) is 0 Å². The first kappa shape index (κ1) is 15.8. The SMILES string of the molecule is CN(C(=O)Nc1cc(Cl)ccc1Br)C(C)(C)C(=O)O. The summed E-state index contributed by atoms with van der Waals surface area (Å²) in [7, 11) is 1.42. The second-order valence-corrected chi connectivity index (χ2v) is 5.77. The van der Waals surface area contributed by atoms with Crippen LogP contribution in [0.2, 0.25) is 5.02 Å². The summed E-state index contributed by atoms with van der Waals surface area (Å²) in [6.45, 7) is 2.89. The van der Waals surface area contributed by atoms with Crippen LogP contribution in [0.1, 0.15) is 13.8 Å². The van der Waals surface area contributed by atoms with Crippen molar-refractivity contribution in [1.82, 2.24) is 4.90 Å². The van der Waals surface area contributed by atoms with Crippen molar-refractivity contribution in [2.75, 3.05) is 12.4 Å². The molecule has 0 saturated heterocycles. The Morgan fingerprint density at radius 2 is 2.00 bits per heavy atom. The number of carbonyl (C=O) groups excluding carboxylic acids is 1. The quantitative estimate of drug-likeness (QED) is 0.878. The van der Waals surface area contributed by atoms with Crippen molar-refractivity contribution in [3.05, 3.63) is 27.7 Å². The third-order valence-electron chi connectivity index (χ3n) is 2.84. The standard InChI is InChI=1S/C12H14BrClN2O3/c1-12(2,10(17)18)16(3)11(19)15-9-6-7(14)4-5-8(9)13/h4-6H,1-3H3,(H,15,19)(H,17,18). The maximum Gasteiger partial charge on any atom is 0.329 e. The van der Waals surface area contributed by atoms with Crippen molar-refractivity contribution in [1.29, 1.82) is 0 Å². The van der Waals surface area contributed by atoms with E-state index < -0.39 is 17.5 Å². The number of carboxylic acid groups (broad SMARTS) is 1. The predicted molar refractivity (Wildman–Crippen MR) is 77.6 cm³/mol. The van der Waals surface area contributed by atoms with E-state index in [4.69, 9.17) is 16.7 Å². The fourth-order valence-corrected chi connectivity index (χ4v) is 1.71. The number of nitrogens with one attached hydrogen (secondary N) is 1. The average Bonchev–Trinajstić information content (AvgIpc) is 2.32. The van der Waals surface area contributed by atoms with E-state index in [1.807, 2.05) is 0 Å². The summed E-state index contributed by atoms with van der Waals surface area (Å²) in [5, 5.41) is 12.1. The zero-order valence-corrected chi connectivity index (χ0v) is 13.0. The third-order valence-corrected chi connectivity index (χ3v) is 3.76. The van der Waals surface area contributed by atoms with Gasteiger partial charge in [0.15, 0.2) is 0 Å². The molecular formula is C12H14BrClN2O3. The van der Waals surface area contributed by atoms with Crippen LogP contribution in [0.25, 0.3) is 0 Å². The minimum absolute atomic E-state index is 0.471. The van der Waals surface area contributed by atoms with Crippen LogP contribution < -0.4 is 5.32 Å². The van der Waals surface area contributed by atoms with Gasteiger partial charge in [-0.05, 0) is 48.0 Å². The van der Waals surface area contributed by atoms with E-state index in [2.05, 4.69) is 21.2 Å². The molecule has 1 aromatic rings. The first-order chi connectivity index (χ1) is 8.66. The summed E-state index contributed by atoms with van der Waals surface area (Å²) < 4.78 is 0.659. The first-order valence-electron chi connectivity index (χ1n) is 5.39. The van der Waals surface area contributed by atoms with Crippen LogP contribution in [0.5, 0.6) is 0 Å². The molecule has 0 aliphatic heterocycles. The highest BCUT2D eigenvalue weighted by Crippen LogP contribution is 2.26. The van der Waals surface area contributed by atoms with Crippen molar-refractivity contribution >= 4 is 45.2 Å². The van der Waals surface area contributed by atoms with E-state index in [-0.39, 0.29) is 0 Å². The van der Waals surface area contributed by atoms with Crippen molar-refractivity contribution in [2.45, 2.75) is 19.4 Å². The van der Waals surface area contributed by atoms with Crippen molar-refractivity contribution in [2.24, 2.45) is 0 Å². The van der Waals surface area contributed by atoms with E-state index in [0.717, 1.165) is 4.90 Å².